The van der Waals surface area contributed by atoms with Gasteiger partial charge in [-0.3, -0.25) is 14.5 Å². The number of imide groups is 1. The van der Waals surface area contributed by atoms with Crippen molar-refractivity contribution in [1.29, 1.82) is 0 Å². The lowest BCUT2D eigenvalue weighted by Crippen LogP contribution is -2.35. The van der Waals surface area contributed by atoms with Crippen molar-refractivity contribution in [2.45, 2.75) is 39.0 Å². The van der Waals surface area contributed by atoms with Gasteiger partial charge in [-0.1, -0.05) is 31.2 Å². The summed E-state index contributed by atoms with van der Waals surface area (Å²) in [6.45, 7) is 3.28. The molecule has 1 unspecified atom stereocenters. The molecule has 0 spiro atoms. The Kier molecular flexibility index (Phi) is 4.03. The molecule has 1 aliphatic rings. The fourth-order valence-electron chi connectivity index (χ4n) is 2.27. The summed E-state index contributed by atoms with van der Waals surface area (Å²) < 4.78 is 0. The van der Waals surface area contributed by atoms with Crippen molar-refractivity contribution in [1.82, 2.24) is 4.90 Å². The number of hydrogen-bond donors (Lipinski definition) is 0. The first-order valence-corrected chi connectivity index (χ1v) is 6.86. The molecule has 1 fully saturated rings. The topological polar surface area (TPSA) is 37.4 Å². The Bertz CT molecular complexity index is 474. The van der Waals surface area contributed by atoms with Crippen LogP contribution in [0.1, 0.15) is 43.7 Å². The zero-order chi connectivity index (χ0) is 14.0. The smallest absolute Gasteiger partial charge is 0.232 e. The van der Waals surface area contributed by atoms with E-state index in [1.54, 1.807) is 0 Å². The first-order chi connectivity index (χ1) is 8.99. The largest absolute Gasteiger partial charge is 0.286 e. The Hall–Kier alpha value is -1.64. The van der Waals surface area contributed by atoms with E-state index in [9.17, 15) is 9.59 Å². The molecule has 102 valence electrons. The highest BCUT2D eigenvalue weighted by molar-refractivity contribution is 5.94. The van der Waals surface area contributed by atoms with Crippen LogP contribution < -0.4 is 0 Å². The van der Waals surface area contributed by atoms with Gasteiger partial charge in [-0.15, -0.1) is 0 Å². The van der Waals surface area contributed by atoms with E-state index >= 15 is 0 Å². The van der Waals surface area contributed by atoms with Gasteiger partial charge in [0.2, 0.25) is 11.8 Å². The summed E-state index contributed by atoms with van der Waals surface area (Å²) in [5.74, 6) is 0.275. The summed E-state index contributed by atoms with van der Waals surface area (Å²) in [5, 5.41) is 0. The van der Waals surface area contributed by atoms with Crippen molar-refractivity contribution in [2.75, 3.05) is 7.05 Å². The van der Waals surface area contributed by atoms with Gasteiger partial charge in [0.25, 0.3) is 0 Å². The predicted molar refractivity (Wildman–Crippen MR) is 74.7 cm³/mol. The molecule has 2 amide bonds. The van der Waals surface area contributed by atoms with Gasteiger partial charge in [0, 0.05) is 19.9 Å². The molecule has 0 bridgehead atoms. The molecule has 3 heteroatoms. The van der Waals surface area contributed by atoms with Crippen molar-refractivity contribution in [3.63, 3.8) is 0 Å². The molecule has 1 aliphatic carbocycles. The van der Waals surface area contributed by atoms with Crippen molar-refractivity contribution in [2.24, 2.45) is 5.92 Å². The van der Waals surface area contributed by atoms with Crippen molar-refractivity contribution < 1.29 is 9.59 Å². The molecule has 1 atom stereocenters. The number of carbonyl (C=O) groups excluding carboxylic acids is 2. The van der Waals surface area contributed by atoms with Crippen LogP contribution in [0.15, 0.2) is 24.3 Å². The van der Waals surface area contributed by atoms with Gasteiger partial charge in [0.05, 0.1) is 0 Å². The molecule has 1 aromatic rings. The summed E-state index contributed by atoms with van der Waals surface area (Å²) in [7, 11) is 1.54. The fraction of sp³-hybridized carbons (Fsp3) is 0.500. The van der Waals surface area contributed by atoms with Crippen LogP contribution in [-0.4, -0.2) is 23.8 Å². The molecular formula is C16H21NO2. The number of carbonyl (C=O) groups is 2. The third kappa shape index (κ3) is 3.43. The Morgan fingerprint density at radius 3 is 2.32 bits per heavy atom. The zero-order valence-electron chi connectivity index (χ0n) is 11.8. The minimum Gasteiger partial charge on any atom is -0.286 e. The highest BCUT2D eigenvalue weighted by Gasteiger charge is 2.23. The Balaban J connectivity index is 1.95. The van der Waals surface area contributed by atoms with Crippen molar-refractivity contribution in [3.05, 3.63) is 35.4 Å². The van der Waals surface area contributed by atoms with Crippen molar-refractivity contribution >= 4 is 11.8 Å². The number of rotatable bonds is 4. The lowest BCUT2D eigenvalue weighted by Gasteiger charge is -2.18. The quantitative estimate of drug-likeness (QED) is 0.833. The molecule has 0 N–H and O–H groups in total. The highest BCUT2D eigenvalue weighted by atomic mass is 16.2. The molecule has 0 aliphatic heterocycles. The second-order valence-electron chi connectivity index (χ2n) is 5.54. The Morgan fingerprint density at radius 2 is 1.84 bits per heavy atom. The van der Waals surface area contributed by atoms with E-state index in [2.05, 4.69) is 24.3 Å². The van der Waals surface area contributed by atoms with Gasteiger partial charge in [-0.05, 0) is 36.3 Å². The maximum atomic E-state index is 12.0. The monoisotopic (exact) mass is 259 g/mol. The second kappa shape index (κ2) is 5.55. The van der Waals surface area contributed by atoms with E-state index in [-0.39, 0.29) is 17.7 Å². The molecule has 3 nitrogen and oxygen atoms in total. The molecule has 19 heavy (non-hydrogen) atoms. The van der Waals surface area contributed by atoms with Crippen LogP contribution in [0.4, 0.5) is 0 Å². The first kappa shape index (κ1) is 13.8. The van der Waals surface area contributed by atoms with Gasteiger partial charge in [0.1, 0.15) is 0 Å². The average Bonchev–Trinajstić information content (AvgIpc) is 3.22. The van der Waals surface area contributed by atoms with Gasteiger partial charge >= 0.3 is 0 Å². The molecule has 2 rings (SSSR count). The molecule has 0 aromatic heterocycles. The average molecular weight is 259 g/mol. The van der Waals surface area contributed by atoms with Crippen LogP contribution in [0.2, 0.25) is 0 Å². The standard InChI is InChI=1S/C16H21NO2/c1-11(16(19)17(3)12(2)18)10-13-4-6-14(7-5-13)15-8-9-15/h4-7,11,15H,8-10H2,1-3H3. The summed E-state index contributed by atoms with van der Waals surface area (Å²) >= 11 is 0. The molecule has 1 aromatic carbocycles. The van der Waals surface area contributed by atoms with Gasteiger partial charge in [-0.25, -0.2) is 0 Å². The van der Waals surface area contributed by atoms with Gasteiger partial charge in [0.15, 0.2) is 0 Å². The predicted octanol–water partition coefficient (Wildman–Crippen LogP) is 2.75. The maximum absolute atomic E-state index is 12.0. The number of nitrogens with zero attached hydrogens (tertiary/aromatic N) is 1. The van der Waals surface area contributed by atoms with E-state index in [1.165, 1.54) is 37.3 Å². The number of hydrogen-bond acceptors (Lipinski definition) is 2. The lowest BCUT2D eigenvalue weighted by atomic mass is 9.98. The number of benzene rings is 1. The zero-order valence-corrected chi connectivity index (χ0v) is 11.8. The van der Waals surface area contributed by atoms with Crippen LogP contribution in [-0.2, 0) is 16.0 Å². The van der Waals surface area contributed by atoms with Crippen LogP contribution in [0.25, 0.3) is 0 Å². The van der Waals surface area contributed by atoms with E-state index in [0.29, 0.717) is 6.42 Å². The minimum atomic E-state index is -0.207. The summed E-state index contributed by atoms with van der Waals surface area (Å²) in [5.41, 5.74) is 2.56. The molecule has 1 saturated carbocycles. The van der Waals surface area contributed by atoms with Crippen molar-refractivity contribution in [3.8, 4) is 0 Å². The maximum Gasteiger partial charge on any atom is 0.232 e. The fourth-order valence-corrected chi connectivity index (χ4v) is 2.27. The summed E-state index contributed by atoms with van der Waals surface area (Å²) in [6, 6.07) is 8.54. The van der Waals surface area contributed by atoms with Crippen LogP contribution in [0.5, 0.6) is 0 Å². The van der Waals surface area contributed by atoms with Crippen LogP contribution in [0, 0.1) is 5.92 Å². The Morgan fingerprint density at radius 1 is 1.26 bits per heavy atom. The highest BCUT2D eigenvalue weighted by Crippen LogP contribution is 2.39. The van der Waals surface area contributed by atoms with Gasteiger partial charge < -0.3 is 0 Å². The normalized spacial score (nSPS) is 15.9. The van der Waals surface area contributed by atoms with Gasteiger partial charge in [-0.2, -0.15) is 0 Å². The molecular weight excluding hydrogens is 238 g/mol. The second-order valence-corrected chi connectivity index (χ2v) is 5.54. The first-order valence-electron chi connectivity index (χ1n) is 6.86. The SMILES string of the molecule is CC(=O)N(C)C(=O)C(C)Cc1ccc(C2CC2)cc1. The minimum absolute atomic E-state index is 0.112. The van der Waals surface area contributed by atoms with Crippen LogP contribution in [0.3, 0.4) is 0 Å². The molecule has 0 saturated heterocycles. The summed E-state index contributed by atoms with van der Waals surface area (Å²) in [4.78, 5) is 24.4. The Labute approximate surface area is 114 Å². The van der Waals surface area contributed by atoms with E-state index < -0.39 is 0 Å². The van der Waals surface area contributed by atoms with E-state index in [0.717, 1.165) is 11.5 Å². The third-order valence-electron chi connectivity index (χ3n) is 3.79. The summed E-state index contributed by atoms with van der Waals surface area (Å²) in [6.07, 6.45) is 3.29. The molecule has 0 heterocycles. The third-order valence-corrected chi connectivity index (χ3v) is 3.79. The number of amides is 2. The van der Waals surface area contributed by atoms with E-state index in [4.69, 9.17) is 0 Å². The van der Waals surface area contributed by atoms with Crippen LogP contribution >= 0.6 is 0 Å². The van der Waals surface area contributed by atoms with E-state index in [1.807, 2.05) is 6.92 Å². The molecule has 0 radical (unpaired) electrons. The lowest BCUT2D eigenvalue weighted by molar-refractivity contribution is -0.144.